The van der Waals surface area contributed by atoms with Gasteiger partial charge >= 0.3 is 6.09 Å². The maximum atomic E-state index is 12.6. The number of H-pyrrole nitrogens is 1. The molecule has 1 aliphatic rings. The van der Waals surface area contributed by atoms with Crippen molar-refractivity contribution in [2.24, 2.45) is 0 Å². The Morgan fingerprint density at radius 2 is 1.89 bits per heavy atom. The van der Waals surface area contributed by atoms with Crippen molar-refractivity contribution < 1.29 is 9.53 Å². The van der Waals surface area contributed by atoms with Crippen molar-refractivity contribution in [1.29, 1.82) is 0 Å². The summed E-state index contributed by atoms with van der Waals surface area (Å²) in [6, 6.07) is 16.2. The first kappa shape index (κ1) is 23.8. The number of aromatic amines is 1. The maximum absolute atomic E-state index is 12.6. The molecule has 1 amide bonds. The van der Waals surface area contributed by atoms with E-state index in [2.05, 4.69) is 60.4 Å². The number of rotatable bonds is 5. The maximum Gasteiger partial charge on any atom is 0.408 e. The van der Waals surface area contributed by atoms with E-state index in [1.54, 1.807) is 18.6 Å². The van der Waals surface area contributed by atoms with Crippen LogP contribution in [0.5, 0.6) is 0 Å². The van der Waals surface area contributed by atoms with Crippen molar-refractivity contribution >= 4 is 17.1 Å². The minimum absolute atomic E-state index is 0.390. The molecule has 9 nitrogen and oxygen atoms in total. The van der Waals surface area contributed by atoms with Crippen molar-refractivity contribution in [1.82, 2.24) is 35.0 Å². The van der Waals surface area contributed by atoms with Crippen molar-refractivity contribution in [3.63, 3.8) is 0 Å². The zero-order valence-electron chi connectivity index (χ0n) is 21.6. The van der Waals surface area contributed by atoms with Crippen LogP contribution in [0.4, 0.5) is 4.79 Å². The van der Waals surface area contributed by atoms with Crippen LogP contribution in [0, 0.1) is 0 Å². The van der Waals surface area contributed by atoms with Gasteiger partial charge in [0.05, 0.1) is 28.7 Å². The summed E-state index contributed by atoms with van der Waals surface area (Å²) in [5.74, 6) is 0.588. The highest BCUT2D eigenvalue weighted by Crippen LogP contribution is 2.42. The van der Waals surface area contributed by atoms with Gasteiger partial charge in [-0.3, -0.25) is 14.6 Å². The van der Waals surface area contributed by atoms with Crippen LogP contribution < -0.4 is 5.32 Å². The van der Waals surface area contributed by atoms with Crippen LogP contribution in [0.3, 0.4) is 0 Å². The van der Waals surface area contributed by atoms with Crippen LogP contribution >= 0.6 is 0 Å². The number of benzene rings is 1. The third-order valence-corrected chi connectivity index (χ3v) is 6.85. The van der Waals surface area contributed by atoms with Gasteiger partial charge in [0.25, 0.3) is 0 Å². The number of ether oxygens (including phenoxy) is 1. The number of carbonyl (C=O) groups excluding carboxylic acids is 1. The van der Waals surface area contributed by atoms with Gasteiger partial charge in [-0.05, 0) is 75.9 Å². The summed E-state index contributed by atoms with van der Waals surface area (Å²) < 4.78 is 7.64. The fourth-order valence-corrected chi connectivity index (χ4v) is 4.91. The quantitative estimate of drug-likeness (QED) is 0.312. The van der Waals surface area contributed by atoms with Crippen LogP contribution in [0.15, 0.2) is 73.3 Å². The molecule has 0 bridgehead atoms. The Hall–Kier alpha value is -4.53. The lowest BCUT2D eigenvalue weighted by atomic mass is 9.72. The Morgan fingerprint density at radius 3 is 2.53 bits per heavy atom. The molecular formula is C29H29N7O2. The molecule has 1 aromatic carbocycles. The number of nitrogens with zero attached hydrogens (tertiary/aromatic N) is 5. The monoisotopic (exact) mass is 507 g/mol. The van der Waals surface area contributed by atoms with Gasteiger partial charge in [-0.25, -0.2) is 14.8 Å². The van der Waals surface area contributed by atoms with E-state index >= 15 is 0 Å². The molecule has 0 radical (unpaired) electrons. The second kappa shape index (κ2) is 9.09. The average molecular weight is 508 g/mol. The topological polar surface area (TPSA) is 111 Å². The SMILES string of the molecule is CC(C)(C)OC(=O)NC1(c2ccc(-n3c(-c4ccccn4)cc4cnc(-c5cn[nH]c5)nc43)cc2)CCC1. The first-order chi connectivity index (χ1) is 18.3. The lowest BCUT2D eigenvalue weighted by molar-refractivity contribution is 0.0377. The Bertz CT molecular complexity index is 1580. The summed E-state index contributed by atoms with van der Waals surface area (Å²) in [5, 5.41) is 10.9. The zero-order chi connectivity index (χ0) is 26.3. The summed E-state index contributed by atoms with van der Waals surface area (Å²) in [7, 11) is 0. The molecule has 0 saturated heterocycles. The molecule has 0 unspecified atom stereocenters. The van der Waals surface area contributed by atoms with E-state index in [4.69, 9.17) is 9.72 Å². The van der Waals surface area contributed by atoms with E-state index in [0.29, 0.717) is 5.82 Å². The Kier molecular flexibility index (Phi) is 5.71. The summed E-state index contributed by atoms with van der Waals surface area (Å²) in [5.41, 5.74) is 4.37. The van der Waals surface area contributed by atoms with Gasteiger partial charge in [0.1, 0.15) is 11.2 Å². The molecule has 6 rings (SSSR count). The summed E-state index contributed by atoms with van der Waals surface area (Å²) in [6.07, 6.45) is 9.51. The van der Waals surface area contributed by atoms with Crippen molar-refractivity contribution in [3.05, 3.63) is 78.9 Å². The summed E-state index contributed by atoms with van der Waals surface area (Å²) in [6.45, 7) is 5.62. The number of hydrogen-bond donors (Lipinski definition) is 2. The molecule has 1 fully saturated rings. The number of fused-ring (bicyclic) bond motifs is 1. The number of aromatic nitrogens is 6. The lowest BCUT2D eigenvalue weighted by Gasteiger charge is -2.43. The minimum Gasteiger partial charge on any atom is -0.444 e. The Balaban J connectivity index is 1.41. The van der Waals surface area contributed by atoms with E-state index in [1.807, 2.05) is 45.2 Å². The third-order valence-electron chi connectivity index (χ3n) is 6.85. The fourth-order valence-electron chi connectivity index (χ4n) is 4.91. The molecular weight excluding hydrogens is 478 g/mol. The summed E-state index contributed by atoms with van der Waals surface area (Å²) >= 11 is 0. The number of hydrogen-bond acceptors (Lipinski definition) is 6. The van der Waals surface area contributed by atoms with E-state index in [-0.39, 0.29) is 0 Å². The van der Waals surface area contributed by atoms with Crippen LogP contribution in [0.2, 0.25) is 0 Å². The molecule has 0 spiro atoms. The van der Waals surface area contributed by atoms with Gasteiger partial charge in [-0.1, -0.05) is 18.2 Å². The van der Waals surface area contributed by atoms with E-state index < -0.39 is 17.2 Å². The lowest BCUT2D eigenvalue weighted by Crippen LogP contribution is -2.52. The van der Waals surface area contributed by atoms with Crippen molar-refractivity contribution in [2.45, 2.75) is 51.2 Å². The molecule has 1 saturated carbocycles. The van der Waals surface area contributed by atoms with Gasteiger partial charge < -0.3 is 10.1 Å². The second-order valence-electron chi connectivity index (χ2n) is 10.6. The Labute approximate surface area is 220 Å². The minimum atomic E-state index is -0.548. The number of pyridine rings is 1. The van der Waals surface area contributed by atoms with Crippen molar-refractivity contribution in [2.75, 3.05) is 0 Å². The van der Waals surface area contributed by atoms with Gasteiger partial charge in [0.2, 0.25) is 0 Å². The van der Waals surface area contributed by atoms with E-state index in [1.165, 1.54) is 0 Å². The third kappa shape index (κ3) is 4.40. The van der Waals surface area contributed by atoms with E-state index in [9.17, 15) is 4.79 Å². The number of amides is 1. The summed E-state index contributed by atoms with van der Waals surface area (Å²) in [4.78, 5) is 26.7. The highest BCUT2D eigenvalue weighted by atomic mass is 16.6. The van der Waals surface area contributed by atoms with Gasteiger partial charge in [-0.15, -0.1) is 0 Å². The fraction of sp³-hybridized carbons (Fsp3) is 0.276. The number of nitrogens with one attached hydrogen (secondary N) is 2. The smallest absolute Gasteiger partial charge is 0.408 e. The molecule has 1 aliphatic carbocycles. The molecule has 4 heterocycles. The highest BCUT2D eigenvalue weighted by Gasteiger charge is 2.41. The van der Waals surface area contributed by atoms with Gasteiger partial charge in [0, 0.05) is 29.7 Å². The number of alkyl carbamates (subject to hydrolysis) is 1. The Morgan fingerprint density at radius 1 is 1.08 bits per heavy atom. The number of carbonyl (C=O) groups is 1. The molecule has 0 atom stereocenters. The first-order valence-corrected chi connectivity index (χ1v) is 12.7. The largest absolute Gasteiger partial charge is 0.444 e. The first-order valence-electron chi connectivity index (χ1n) is 12.7. The second-order valence-corrected chi connectivity index (χ2v) is 10.6. The molecule has 38 heavy (non-hydrogen) atoms. The molecule has 9 heteroatoms. The molecule has 5 aromatic rings. The standard InChI is InChI=1S/C29H29N7O2/c1-28(2,3)38-27(37)35-29(12-6-13-29)21-8-10-22(11-9-21)36-24(23-7-4-5-14-30-23)15-19-16-31-25(34-26(19)36)20-17-32-33-18-20/h4-5,7-11,14-18H,6,12-13H2,1-3H3,(H,32,33)(H,35,37). The molecule has 192 valence electrons. The predicted octanol–water partition coefficient (Wildman–Crippen LogP) is 5.78. The van der Waals surface area contributed by atoms with Crippen LogP contribution in [-0.4, -0.2) is 41.4 Å². The van der Waals surface area contributed by atoms with Gasteiger partial charge in [0.15, 0.2) is 5.82 Å². The van der Waals surface area contributed by atoms with E-state index in [0.717, 1.165) is 58.5 Å². The van der Waals surface area contributed by atoms with Crippen LogP contribution in [-0.2, 0) is 10.3 Å². The highest BCUT2D eigenvalue weighted by molar-refractivity contribution is 5.86. The van der Waals surface area contributed by atoms with Crippen LogP contribution in [0.1, 0.15) is 45.6 Å². The molecule has 4 aromatic heterocycles. The average Bonchev–Trinajstić information content (AvgIpc) is 3.54. The normalized spacial score (nSPS) is 14.7. The van der Waals surface area contributed by atoms with Crippen LogP contribution in [0.25, 0.3) is 39.5 Å². The zero-order valence-corrected chi connectivity index (χ0v) is 21.6. The molecule has 2 N–H and O–H groups in total. The van der Waals surface area contributed by atoms with Gasteiger partial charge in [-0.2, -0.15) is 5.10 Å². The molecule has 0 aliphatic heterocycles. The predicted molar refractivity (Wildman–Crippen MR) is 145 cm³/mol. The van der Waals surface area contributed by atoms with Crippen molar-refractivity contribution in [3.8, 4) is 28.5 Å².